The van der Waals surface area contributed by atoms with Crippen LogP contribution in [0.15, 0.2) is 125 Å². The van der Waals surface area contributed by atoms with Gasteiger partial charge in [0.2, 0.25) is 0 Å². The van der Waals surface area contributed by atoms with E-state index in [9.17, 15) is 0 Å². The number of hydrogen-bond acceptors (Lipinski definition) is 3. The third-order valence-electron chi connectivity index (χ3n) is 8.70. The summed E-state index contributed by atoms with van der Waals surface area (Å²) in [5.74, 6) is 1.05. The second-order valence-electron chi connectivity index (χ2n) is 10.8. The molecule has 2 aliphatic rings. The molecule has 5 aromatic carbocycles. The van der Waals surface area contributed by atoms with Crippen molar-refractivity contribution in [3.63, 3.8) is 0 Å². The number of para-hydroxylation sites is 1. The van der Waals surface area contributed by atoms with E-state index in [0.717, 1.165) is 33.8 Å². The monoisotopic (exact) mass is 511 g/mol. The van der Waals surface area contributed by atoms with Crippen LogP contribution in [0, 0.1) is 0 Å². The van der Waals surface area contributed by atoms with Crippen LogP contribution in [0.4, 0.5) is 11.5 Å². The van der Waals surface area contributed by atoms with Crippen LogP contribution in [-0.4, -0.2) is 16.2 Å². The number of nitrogens with one attached hydrogen (secondary N) is 1. The van der Waals surface area contributed by atoms with Crippen molar-refractivity contribution in [2.24, 2.45) is 4.99 Å². The second-order valence-corrected chi connectivity index (χ2v) is 10.8. The highest BCUT2D eigenvalue weighted by Gasteiger charge is 2.29. The maximum atomic E-state index is 6.43. The van der Waals surface area contributed by atoms with E-state index in [1.807, 2.05) is 0 Å². The topological polar surface area (TPSA) is 41.9 Å². The van der Waals surface area contributed by atoms with Crippen LogP contribution in [0.25, 0.3) is 71.0 Å². The summed E-state index contributed by atoms with van der Waals surface area (Å²) in [7, 11) is 0. The zero-order valence-electron chi connectivity index (χ0n) is 21.3. The van der Waals surface area contributed by atoms with Gasteiger partial charge < -0.3 is 9.73 Å². The van der Waals surface area contributed by atoms with Gasteiger partial charge in [-0.1, -0.05) is 78.9 Å². The van der Waals surface area contributed by atoms with Crippen LogP contribution in [0.3, 0.4) is 0 Å². The van der Waals surface area contributed by atoms with Gasteiger partial charge in [0.1, 0.15) is 22.7 Å². The molecule has 8 aromatic rings. The standard InChI is InChI=1S/C36H21N3O/c1-2-7-21-18-22(13-12-20(21)6-1)23-14-16-30-26(19-23)33-31(40-30)17-15-29-32(33)24-8-5-9-25-34-36(39(29)35(24)25)38-28-11-4-3-10-27(28)37-34/h1-19,28,38H. The van der Waals surface area contributed by atoms with Gasteiger partial charge in [0.25, 0.3) is 0 Å². The lowest BCUT2D eigenvalue weighted by Gasteiger charge is -2.23. The predicted octanol–water partition coefficient (Wildman–Crippen LogP) is 9.40. The Labute approximate surface area is 228 Å². The lowest BCUT2D eigenvalue weighted by molar-refractivity contribution is 0.669. The first kappa shape index (κ1) is 20.6. The van der Waals surface area contributed by atoms with Crippen molar-refractivity contribution >= 4 is 77.1 Å². The van der Waals surface area contributed by atoms with Gasteiger partial charge in [-0.05, 0) is 58.3 Å². The maximum Gasteiger partial charge on any atom is 0.138 e. The van der Waals surface area contributed by atoms with Crippen molar-refractivity contribution < 1.29 is 4.42 Å². The van der Waals surface area contributed by atoms with Gasteiger partial charge in [0.15, 0.2) is 0 Å². The first-order valence-corrected chi connectivity index (χ1v) is 13.7. The Kier molecular flexibility index (Phi) is 3.70. The van der Waals surface area contributed by atoms with E-state index >= 15 is 0 Å². The maximum absolute atomic E-state index is 6.43. The van der Waals surface area contributed by atoms with Crippen molar-refractivity contribution in [1.82, 2.24) is 4.40 Å². The molecule has 40 heavy (non-hydrogen) atoms. The molecule has 0 spiro atoms. The van der Waals surface area contributed by atoms with E-state index in [1.165, 1.54) is 54.5 Å². The predicted molar refractivity (Wildman–Crippen MR) is 167 cm³/mol. The highest BCUT2D eigenvalue weighted by Crippen LogP contribution is 2.49. The summed E-state index contributed by atoms with van der Waals surface area (Å²) < 4.78 is 8.80. The van der Waals surface area contributed by atoms with Crippen molar-refractivity contribution in [3.05, 3.63) is 115 Å². The Hall–Kier alpha value is -5.35. The van der Waals surface area contributed by atoms with Crippen LogP contribution in [0.2, 0.25) is 0 Å². The van der Waals surface area contributed by atoms with Crippen LogP contribution in [-0.2, 0) is 0 Å². The fourth-order valence-corrected chi connectivity index (χ4v) is 6.91. The summed E-state index contributed by atoms with van der Waals surface area (Å²) in [6.45, 7) is 0. The van der Waals surface area contributed by atoms with Gasteiger partial charge in [-0.2, -0.15) is 0 Å². The Morgan fingerprint density at radius 2 is 1.55 bits per heavy atom. The number of benzene rings is 5. The Bertz CT molecular complexity index is 2470. The lowest BCUT2D eigenvalue weighted by atomic mass is 9.98. The largest absolute Gasteiger partial charge is 0.456 e. The van der Waals surface area contributed by atoms with Crippen LogP contribution in [0.1, 0.15) is 0 Å². The molecule has 4 heterocycles. The number of aromatic nitrogens is 1. The van der Waals surface area contributed by atoms with E-state index < -0.39 is 0 Å². The minimum atomic E-state index is 0.0774. The Morgan fingerprint density at radius 3 is 2.52 bits per heavy atom. The number of allylic oxidation sites excluding steroid dienone is 2. The smallest absolute Gasteiger partial charge is 0.138 e. The molecule has 10 rings (SSSR count). The minimum Gasteiger partial charge on any atom is -0.456 e. The molecule has 1 unspecified atom stereocenters. The molecule has 1 N–H and O–H groups in total. The van der Waals surface area contributed by atoms with Crippen LogP contribution >= 0.6 is 0 Å². The average molecular weight is 512 g/mol. The first-order valence-electron chi connectivity index (χ1n) is 13.7. The molecule has 0 fully saturated rings. The lowest BCUT2D eigenvalue weighted by Crippen LogP contribution is -2.30. The van der Waals surface area contributed by atoms with Gasteiger partial charge in [-0.15, -0.1) is 0 Å². The second kappa shape index (κ2) is 7.19. The normalized spacial score (nSPS) is 16.4. The molecule has 1 atom stereocenters. The fraction of sp³-hybridized carbons (Fsp3) is 0.0278. The third-order valence-corrected chi connectivity index (χ3v) is 8.70. The number of anilines is 1. The Morgan fingerprint density at radius 1 is 0.700 bits per heavy atom. The highest BCUT2D eigenvalue weighted by atomic mass is 16.3. The number of hydrogen-bond donors (Lipinski definition) is 1. The molecule has 0 radical (unpaired) electrons. The molecule has 3 aromatic heterocycles. The van der Waals surface area contributed by atoms with Gasteiger partial charge in [0, 0.05) is 26.9 Å². The molecule has 0 bridgehead atoms. The summed E-state index contributed by atoms with van der Waals surface area (Å²) in [6, 6.07) is 32.8. The van der Waals surface area contributed by atoms with E-state index in [2.05, 4.69) is 125 Å². The van der Waals surface area contributed by atoms with E-state index in [1.54, 1.807) is 0 Å². The molecule has 0 saturated carbocycles. The summed E-state index contributed by atoms with van der Waals surface area (Å²) in [4.78, 5) is 5.11. The van der Waals surface area contributed by atoms with Crippen LogP contribution < -0.4 is 5.32 Å². The fourth-order valence-electron chi connectivity index (χ4n) is 6.91. The average Bonchev–Trinajstić information content (AvgIpc) is 3.65. The van der Waals surface area contributed by atoms with Crippen molar-refractivity contribution in [2.75, 3.05) is 5.32 Å². The number of fused-ring (bicyclic) bond motifs is 12. The summed E-state index contributed by atoms with van der Waals surface area (Å²) in [6.07, 6.45) is 8.41. The summed E-state index contributed by atoms with van der Waals surface area (Å²) >= 11 is 0. The molecule has 0 saturated heterocycles. The quantitative estimate of drug-likeness (QED) is 0.238. The van der Waals surface area contributed by atoms with Crippen LogP contribution in [0.5, 0.6) is 0 Å². The molecule has 4 heteroatoms. The Balaban J connectivity index is 1.29. The van der Waals surface area contributed by atoms with Crippen molar-refractivity contribution in [1.29, 1.82) is 0 Å². The number of aliphatic imine (C=N–C) groups is 1. The summed E-state index contributed by atoms with van der Waals surface area (Å²) in [5.41, 5.74) is 8.66. The molecule has 1 aliphatic heterocycles. The SMILES string of the molecule is C1=CC2=Nc3c(n4c5ccc6oc7ccc(-c8ccc9ccccc9c8)cc7c6c5c5cccc3c54)NC2C=C1. The van der Waals surface area contributed by atoms with Gasteiger partial charge in [0.05, 0.1) is 22.8 Å². The van der Waals surface area contributed by atoms with Crippen molar-refractivity contribution in [3.8, 4) is 11.1 Å². The highest BCUT2D eigenvalue weighted by molar-refractivity contribution is 6.31. The van der Waals surface area contributed by atoms with Gasteiger partial charge >= 0.3 is 0 Å². The third kappa shape index (κ3) is 2.53. The van der Waals surface area contributed by atoms with E-state index in [4.69, 9.17) is 9.41 Å². The minimum absolute atomic E-state index is 0.0774. The molecular weight excluding hydrogens is 490 g/mol. The number of rotatable bonds is 1. The van der Waals surface area contributed by atoms with Crippen molar-refractivity contribution in [2.45, 2.75) is 6.04 Å². The molecule has 0 amide bonds. The number of furan rings is 1. The van der Waals surface area contributed by atoms with E-state index in [-0.39, 0.29) is 6.04 Å². The zero-order chi connectivity index (χ0) is 25.9. The first-order chi connectivity index (χ1) is 19.8. The molecular formula is C36H21N3O. The molecule has 1 aliphatic carbocycles. The number of nitrogens with zero attached hydrogens (tertiary/aromatic N) is 2. The zero-order valence-corrected chi connectivity index (χ0v) is 21.3. The molecule has 186 valence electrons. The van der Waals surface area contributed by atoms with E-state index in [0.29, 0.717) is 0 Å². The van der Waals surface area contributed by atoms with Gasteiger partial charge in [-0.25, -0.2) is 4.99 Å². The van der Waals surface area contributed by atoms with Gasteiger partial charge in [-0.3, -0.25) is 4.40 Å². The summed E-state index contributed by atoms with van der Waals surface area (Å²) in [5, 5.41) is 12.2. The molecule has 4 nitrogen and oxygen atoms in total.